The number of piperazine rings is 1. The van der Waals surface area contributed by atoms with Crippen LogP contribution < -0.4 is 5.32 Å². The van der Waals surface area contributed by atoms with Crippen LogP contribution in [0.1, 0.15) is 47.0 Å². The molecule has 0 aromatic heterocycles. The fraction of sp³-hybridized carbons (Fsp3) is 0.938. The number of nitrogens with zero attached hydrogens (tertiary/aromatic N) is 3. The lowest BCUT2D eigenvalue weighted by Crippen LogP contribution is -2.55. The Hall–Kier alpha value is -0.630. The molecule has 0 amide bonds. The fourth-order valence-electron chi connectivity index (χ4n) is 3.73. The van der Waals surface area contributed by atoms with Crippen LogP contribution in [0.25, 0.3) is 0 Å². The molecule has 2 aliphatic rings. The van der Waals surface area contributed by atoms with E-state index in [0.717, 1.165) is 52.0 Å². The highest BCUT2D eigenvalue weighted by molar-refractivity contribution is 5.13. The van der Waals surface area contributed by atoms with Crippen molar-refractivity contribution >= 4 is 0 Å². The molecule has 0 spiro atoms. The van der Waals surface area contributed by atoms with E-state index < -0.39 is 0 Å². The predicted octanol–water partition coefficient (Wildman–Crippen LogP) is 1.83. The summed E-state index contributed by atoms with van der Waals surface area (Å²) < 4.78 is 0. The van der Waals surface area contributed by atoms with Crippen LogP contribution in [0.3, 0.4) is 0 Å². The molecule has 4 heteroatoms. The van der Waals surface area contributed by atoms with Gasteiger partial charge in [-0.05, 0) is 46.6 Å². The minimum Gasteiger partial charge on any atom is -0.300 e. The van der Waals surface area contributed by atoms with E-state index in [1.165, 1.54) is 0 Å². The summed E-state index contributed by atoms with van der Waals surface area (Å²) >= 11 is 0. The minimum absolute atomic E-state index is 0.263. The van der Waals surface area contributed by atoms with E-state index in [-0.39, 0.29) is 11.1 Å². The molecule has 2 fully saturated rings. The summed E-state index contributed by atoms with van der Waals surface area (Å²) in [7, 11) is 0. The van der Waals surface area contributed by atoms with Crippen LogP contribution in [-0.4, -0.2) is 59.6 Å². The van der Waals surface area contributed by atoms with E-state index in [0.29, 0.717) is 6.04 Å². The zero-order valence-electron chi connectivity index (χ0n) is 13.6. The first-order chi connectivity index (χ1) is 9.40. The van der Waals surface area contributed by atoms with Crippen LogP contribution in [0, 0.1) is 11.3 Å². The number of hydrogen-bond donors (Lipinski definition) is 1. The number of nitriles is 1. The van der Waals surface area contributed by atoms with E-state index in [1.54, 1.807) is 0 Å². The van der Waals surface area contributed by atoms with Gasteiger partial charge in [0.1, 0.15) is 5.54 Å². The van der Waals surface area contributed by atoms with Crippen LogP contribution in [-0.2, 0) is 0 Å². The summed E-state index contributed by atoms with van der Waals surface area (Å²) in [5.41, 5.74) is 0.0164. The van der Waals surface area contributed by atoms with E-state index in [1.807, 2.05) is 0 Å². The molecule has 1 aliphatic heterocycles. The second-order valence-corrected chi connectivity index (χ2v) is 7.31. The van der Waals surface area contributed by atoms with Gasteiger partial charge in [0.25, 0.3) is 0 Å². The van der Waals surface area contributed by atoms with Gasteiger partial charge in [0.2, 0.25) is 0 Å². The molecule has 20 heavy (non-hydrogen) atoms. The lowest BCUT2D eigenvalue weighted by Gasteiger charge is -2.44. The molecular weight excluding hydrogens is 248 g/mol. The summed E-state index contributed by atoms with van der Waals surface area (Å²) in [5, 5.41) is 12.9. The Kier molecular flexibility index (Phi) is 4.73. The normalized spacial score (nSPS) is 33.2. The molecule has 4 nitrogen and oxygen atoms in total. The fourth-order valence-corrected chi connectivity index (χ4v) is 3.73. The van der Waals surface area contributed by atoms with Crippen molar-refractivity contribution < 1.29 is 0 Å². The van der Waals surface area contributed by atoms with Crippen molar-refractivity contribution in [2.75, 3.05) is 32.7 Å². The molecule has 114 valence electrons. The van der Waals surface area contributed by atoms with E-state index >= 15 is 0 Å². The lowest BCUT2D eigenvalue weighted by molar-refractivity contribution is 0.0422. The summed E-state index contributed by atoms with van der Waals surface area (Å²) in [6.45, 7) is 14.5. The molecule has 1 saturated carbocycles. The Morgan fingerprint density at radius 1 is 1.25 bits per heavy atom. The SMILES string of the molecule is CCNC1(C#N)CCC(N2CCN(C(C)(C)C)CC2)C1. The van der Waals surface area contributed by atoms with Gasteiger partial charge in [-0.15, -0.1) is 0 Å². The lowest BCUT2D eigenvalue weighted by atomic mass is 9.99. The maximum atomic E-state index is 9.47. The second-order valence-electron chi connectivity index (χ2n) is 7.31. The molecule has 0 aromatic rings. The number of nitrogens with one attached hydrogen (secondary N) is 1. The summed E-state index contributed by atoms with van der Waals surface area (Å²) in [6.07, 6.45) is 3.16. The first kappa shape index (κ1) is 15.8. The molecule has 2 unspecified atom stereocenters. The maximum Gasteiger partial charge on any atom is 0.108 e. The molecule has 1 N–H and O–H groups in total. The first-order valence-corrected chi connectivity index (χ1v) is 8.05. The van der Waals surface area contributed by atoms with Crippen LogP contribution in [0.4, 0.5) is 0 Å². The minimum atomic E-state index is -0.263. The third-order valence-corrected chi connectivity index (χ3v) is 5.00. The van der Waals surface area contributed by atoms with Crippen LogP contribution >= 0.6 is 0 Å². The van der Waals surface area contributed by atoms with Crippen molar-refractivity contribution in [3.63, 3.8) is 0 Å². The quantitative estimate of drug-likeness (QED) is 0.855. The Morgan fingerprint density at radius 3 is 2.40 bits per heavy atom. The highest BCUT2D eigenvalue weighted by Crippen LogP contribution is 2.33. The van der Waals surface area contributed by atoms with Crippen LogP contribution in [0.2, 0.25) is 0 Å². The van der Waals surface area contributed by atoms with Crippen LogP contribution in [0.5, 0.6) is 0 Å². The Balaban J connectivity index is 1.88. The Morgan fingerprint density at radius 2 is 1.90 bits per heavy atom. The van der Waals surface area contributed by atoms with Crippen molar-refractivity contribution in [1.29, 1.82) is 5.26 Å². The molecule has 0 bridgehead atoms. The van der Waals surface area contributed by atoms with Gasteiger partial charge in [-0.2, -0.15) is 5.26 Å². The van der Waals surface area contributed by atoms with E-state index in [9.17, 15) is 5.26 Å². The Labute approximate surface area is 124 Å². The molecule has 1 aliphatic carbocycles. The molecule has 0 radical (unpaired) electrons. The predicted molar refractivity (Wildman–Crippen MR) is 82.6 cm³/mol. The van der Waals surface area contributed by atoms with Gasteiger partial charge in [-0.3, -0.25) is 15.1 Å². The van der Waals surface area contributed by atoms with Gasteiger partial charge in [0.15, 0.2) is 0 Å². The standard InChI is InChI=1S/C16H30N4/c1-5-18-16(13-17)7-6-14(12-16)19-8-10-20(11-9-19)15(2,3)4/h14,18H,5-12H2,1-4H3. The summed E-state index contributed by atoms with van der Waals surface area (Å²) in [6, 6.07) is 3.13. The average molecular weight is 278 g/mol. The molecule has 0 aromatic carbocycles. The van der Waals surface area contributed by atoms with Gasteiger partial charge in [0, 0.05) is 37.8 Å². The Bertz CT molecular complexity index is 360. The number of rotatable bonds is 3. The summed E-state index contributed by atoms with van der Waals surface area (Å²) in [4.78, 5) is 5.18. The average Bonchev–Trinajstić information content (AvgIpc) is 2.83. The van der Waals surface area contributed by atoms with Gasteiger partial charge < -0.3 is 0 Å². The highest BCUT2D eigenvalue weighted by atomic mass is 15.3. The van der Waals surface area contributed by atoms with Crippen molar-refractivity contribution in [3.05, 3.63) is 0 Å². The van der Waals surface area contributed by atoms with Gasteiger partial charge in [0.05, 0.1) is 6.07 Å². The van der Waals surface area contributed by atoms with Crippen molar-refractivity contribution in [2.45, 2.75) is 64.1 Å². The maximum absolute atomic E-state index is 9.47. The van der Waals surface area contributed by atoms with E-state index in [2.05, 4.69) is 48.9 Å². The monoisotopic (exact) mass is 278 g/mol. The third kappa shape index (κ3) is 3.33. The topological polar surface area (TPSA) is 42.3 Å². The van der Waals surface area contributed by atoms with Crippen LogP contribution in [0.15, 0.2) is 0 Å². The smallest absolute Gasteiger partial charge is 0.108 e. The number of hydrogen-bond acceptors (Lipinski definition) is 4. The molecule has 2 atom stereocenters. The van der Waals surface area contributed by atoms with Crippen molar-refractivity contribution in [1.82, 2.24) is 15.1 Å². The van der Waals surface area contributed by atoms with E-state index in [4.69, 9.17) is 0 Å². The largest absolute Gasteiger partial charge is 0.300 e. The third-order valence-electron chi connectivity index (χ3n) is 5.00. The molecular formula is C16H30N4. The summed E-state index contributed by atoms with van der Waals surface area (Å²) in [5.74, 6) is 0. The van der Waals surface area contributed by atoms with Gasteiger partial charge >= 0.3 is 0 Å². The van der Waals surface area contributed by atoms with Crippen molar-refractivity contribution in [2.24, 2.45) is 0 Å². The highest BCUT2D eigenvalue weighted by Gasteiger charge is 2.41. The van der Waals surface area contributed by atoms with Crippen molar-refractivity contribution in [3.8, 4) is 6.07 Å². The zero-order chi connectivity index (χ0) is 14.8. The first-order valence-electron chi connectivity index (χ1n) is 8.05. The molecule has 2 rings (SSSR count). The zero-order valence-corrected chi connectivity index (χ0v) is 13.6. The van der Waals surface area contributed by atoms with Gasteiger partial charge in [-0.25, -0.2) is 0 Å². The molecule has 1 saturated heterocycles. The second kappa shape index (κ2) is 6.01. The molecule has 1 heterocycles. The van der Waals surface area contributed by atoms with Gasteiger partial charge in [-0.1, -0.05) is 6.92 Å².